The molecule has 0 radical (unpaired) electrons. The molecule has 0 aromatic heterocycles. The molecule has 0 aliphatic rings. The number of alkyl halides is 3. The lowest BCUT2D eigenvalue weighted by Crippen LogP contribution is -2.36. The molecule has 120 valence electrons. The summed E-state index contributed by atoms with van der Waals surface area (Å²) in [6.07, 6.45) is -4.54. The van der Waals surface area contributed by atoms with Crippen molar-refractivity contribution in [1.82, 2.24) is 5.32 Å². The third-order valence-electron chi connectivity index (χ3n) is 2.21. The molecule has 7 nitrogen and oxygen atoms in total. The summed E-state index contributed by atoms with van der Waals surface area (Å²) in [5, 5.41) is 3.83. The maximum Gasteiger partial charge on any atom is 0.405 e. The fraction of sp³-hybridized carbons (Fsp3) is 0.250. The summed E-state index contributed by atoms with van der Waals surface area (Å²) in [4.78, 5) is 33.2. The first-order valence-electron chi connectivity index (χ1n) is 5.84. The van der Waals surface area contributed by atoms with Crippen LogP contribution in [0.2, 0.25) is 0 Å². The van der Waals surface area contributed by atoms with Gasteiger partial charge in [0.2, 0.25) is 0 Å². The minimum atomic E-state index is -4.54. The number of hydrogen-bond acceptors (Lipinski definition) is 4. The zero-order valence-electron chi connectivity index (χ0n) is 11.1. The number of rotatable bonds is 5. The maximum atomic E-state index is 11.8. The fourth-order valence-electron chi connectivity index (χ4n) is 1.30. The van der Waals surface area contributed by atoms with Crippen molar-refractivity contribution in [3.63, 3.8) is 0 Å². The summed E-state index contributed by atoms with van der Waals surface area (Å²) < 4.78 is 40.1. The zero-order valence-corrected chi connectivity index (χ0v) is 11.1. The number of amides is 3. The summed E-state index contributed by atoms with van der Waals surface area (Å²) in [5.74, 6) is -1.97. The van der Waals surface area contributed by atoms with Crippen molar-refractivity contribution in [1.29, 1.82) is 0 Å². The van der Waals surface area contributed by atoms with E-state index >= 15 is 0 Å². The second-order valence-corrected chi connectivity index (χ2v) is 4.03. The number of esters is 1. The van der Waals surface area contributed by atoms with E-state index in [1.165, 1.54) is 24.3 Å². The number of benzene rings is 1. The summed E-state index contributed by atoms with van der Waals surface area (Å²) in [6, 6.07) is 4.54. The Bertz CT molecular complexity index is 558. The summed E-state index contributed by atoms with van der Waals surface area (Å²) in [7, 11) is 0. The summed E-state index contributed by atoms with van der Waals surface area (Å²) in [6.45, 7) is -2.34. The van der Waals surface area contributed by atoms with E-state index < -0.39 is 37.2 Å². The van der Waals surface area contributed by atoms with Crippen LogP contribution in [0.5, 0.6) is 0 Å². The highest BCUT2D eigenvalue weighted by Gasteiger charge is 2.27. The van der Waals surface area contributed by atoms with Crippen molar-refractivity contribution in [2.75, 3.05) is 18.5 Å². The molecule has 1 aromatic carbocycles. The van der Waals surface area contributed by atoms with E-state index in [0.29, 0.717) is 5.69 Å². The van der Waals surface area contributed by atoms with Crippen molar-refractivity contribution >= 4 is 23.6 Å². The number of hydrogen-bond donors (Lipinski definition) is 3. The van der Waals surface area contributed by atoms with Gasteiger partial charge in [0.15, 0.2) is 6.61 Å². The number of anilines is 1. The summed E-state index contributed by atoms with van der Waals surface area (Å²) >= 11 is 0. The van der Waals surface area contributed by atoms with Crippen LogP contribution < -0.4 is 16.4 Å². The van der Waals surface area contributed by atoms with Crippen LogP contribution in [0.25, 0.3) is 0 Å². The molecule has 0 atom stereocenters. The highest BCUT2D eigenvalue weighted by molar-refractivity contribution is 5.93. The smallest absolute Gasteiger partial charge is 0.405 e. The Hall–Kier alpha value is -2.78. The molecule has 3 amide bonds. The number of halogens is 3. The van der Waals surface area contributed by atoms with Crippen molar-refractivity contribution in [3.05, 3.63) is 29.8 Å². The number of primary amides is 1. The van der Waals surface area contributed by atoms with Gasteiger partial charge >= 0.3 is 18.2 Å². The minimum absolute atomic E-state index is 0.0543. The van der Waals surface area contributed by atoms with Gasteiger partial charge in [-0.25, -0.2) is 9.59 Å². The highest BCUT2D eigenvalue weighted by atomic mass is 19.4. The topological polar surface area (TPSA) is 111 Å². The maximum absolute atomic E-state index is 11.8. The Kier molecular flexibility index (Phi) is 5.72. The normalized spacial score (nSPS) is 10.7. The first kappa shape index (κ1) is 17.3. The first-order valence-corrected chi connectivity index (χ1v) is 5.84. The number of urea groups is 1. The van der Waals surface area contributed by atoms with Gasteiger partial charge in [0.05, 0.1) is 5.56 Å². The van der Waals surface area contributed by atoms with Gasteiger partial charge < -0.3 is 21.1 Å². The van der Waals surface area contributed by atoms with Crippen LogP contribution >= 0.6 is 0 Å². The average Bonchev–Trinajstić information content (AvgIpc) is 2.42. The second kappa shape index (κ2) is 7.29. The Labute approximate surface area is 122 Å². The monoisotopic (exact) mass is 319 g/mol. The lowest BCUT2D eigenvalue weighted by Gasteiger charge is -2.09. The van der Waals surface area contributed by atoms with Gasteiger partial charge in [-0.2, -0.15) is 13.2 Å². The Morgan fingerprint density at radius 3 is 2.23 bits per heavy atom. The van der Waals surface area contributed by atoms with Gasteiger partial charge in [-0.15, -0.1) is 0 Å². The van der Waals surface area contributed by atoms with E-state index in [1.54, 1.807) is 5.32 Å². The van der Waals surface area contributed by atoms with E-state index in [9.17, 15) is 27.6 Å². The van der Waals surface area contributed by atoms with Crippen LogP contribution in [0, 0.1) is 0 Å². The molecule has 0 saturated heterocycles. The number of nitrogens with two attached hydrogens (primary N) is 1. The molecule has 0 unspecified atom stereocenters. The number of nitrogens with one attached hydrogen (secondary N) is 2. The Morgan fingerprint density at radius 1 is 1.14 bits per heavy atom. The molecular formula is C12H12F3N3O4. The largest absolute Gasteiger partial charge is 0.452 e. The molecule has 0 aliphatic carbocycles. The Balaban J connectivity index is 2.45. The predicted molar refractivity (Wildman–Crippen MR) is 69.0 cm³/mol. The van der Waals surface area contributed by atoms with Gasteiger partial charge in [-0.05, 0) is 24.3 Å². The van der Waals surface area contributed by atoms with Gasteiger partial charge in [-0.3, -0.25) is 4.79 Å². The molecule has 0 spiro atoms. The molecule has 0 saturated carbocycles. The van der Waals surface area contributed by atoms with Crippen LogP contribution in [-0.4, -0.2) is 37.2 Å². The van der Waals surface area contributed by atoms with E-state index in [1.807, 2.05) is 0 Å². The van der Waals surface area contributed by atoms with Gasteiger partial charge in [-0.1, -0.05) is 0 Å². The highest BCUT2D eigenvalue weighted by Crippen LogP contribution is 2.12. The zero-order chi connectivity index (χ0) is 16.8. The molecule has 0 aliphatic heterocycles. The standard InChI is InChI=1S/C12H12F3N3O4/c13-12(14,15)6-17-9(19)5-22-10(20)7-1-3-8(4-2-7)18-11(16)21/h1-4H,5-6H2,(H,17,19)(H3,16,18,21). The number of ether oxygens (including phenoxy) is 1. The second-order valence-electron chi connectivity index (χ2n) is 4.03. The lowest BCUT2D eigenvalue weighted by molar-refractivity contribution is -0.140. The van der Waals surface area contributed by atoms with Crippen molar-refractivity contribution < 1.29 is 32.3 Å². The first-order chi connectivity index (χ1) is 10.2. The average molecular weight is 319 g/mol. The molecular weight excluding hydrogens is 307 g/mol. The van der Waals surface area contributed by atoms with Crippen LogP contribution in [0.15, 0.2) is 24.3 Å². The lowest BCUT2D eigenvalue weighted by atomic mass is 10.2. The van der Waals surface area contributed by atoms with Gasteiger partial charge in [0.25, 0.3) is 5.91 Å². The summed E-state index contributed by atoms with van der Waals surface area (Å²) in [5.41, 5.74) is 5.29. The van der Waals surface area contributed by atoms with E-state index in [4.69, 9.17) is 5.73 Å². The van der Waals surface area contributed by atoms with Crippen LogP contribution in [0.1, 0.15) is 10.4 Å². The third-order valence-corrected chi connectivity index (χ3v) is 2.21. The molecule has 10 heteroatoms. The molecule has 0 bridgehead atoms. The molecule has 0 heterocycles. The van der Waals surface area contributed by atoms with E-state index in [0.717, 1.165) is 0 Å². The predicted octanol–water partition coefficient (Wildman–Crippen LogP) is 1.01. The van der Waals surface area contributed by atoms with Gasteiger partial charge in [0, 0.05) is 5.69 Å². The molecule has 4 N–H and O–H groups in total. The molecule has 1 aromatic rings. The number of carbonyl (C=O) groups is 3. The fourth-order valence-corrected chi connectivity index (χ4v) is 1.30. The molecule has 1 rings (SSSR count). The van der Waals surface area contributed by atoms with Crippen LogP contribution in [0.4, 0.5) is 23.7 Å². The van der Waals surface area contributed by atoms with Crippen molar-refractivity contribution in [2.24, 2.45) is 5.73 Å². The van der Waals surface area contributed by atoms with Crippen LogP contribution in [-0.2, 0) is 9.53 Å². The van der Waals surface area contributed by atoms with Crippen molar-refractivity contribution in [2.45, 2.75) is 6.18 Å². The SMILES string of the molecule is NC(=O)Nc1ccc(C(=O)OCC(=O)NCC(F)(F)F)cc1. The minimum Gasteiger partial charge on any atom is -0.452 e. The molecule has 0 fully saturated rings. The van der Waals surface area contributed by atoms with Crippen molar-refractivity contribution in [3.8, 4) is 0 Å². The number of carbonyl (C=O) groups excluding carboxylic acids is 3. The Morgan fingerprint density at radius 2 is 1.73 bits per heavy atom. The third kappa shape index (κ3) is 6.59. The van der Waals surface area contributed by atoms with Gasteiger partial charge in [0.1, 0.15) is 6.54 Å². The van der Waals surface area contributed by atoms with E-state index in [2.05, 4.69) is 10.1 Å². The van der Waals surface area contributed by atoms with E-state index in [-0.39, 0.29) is 5.56 Å². The van der Waals surface area contributed by atoms with Crippen LogP contribution in [0.3, 0.4) is 0 Å². The quantitative estimate of drug-likeness (QED) is 0.703. The molecule has 22 heavy (non-hydrogen) atoms.